The summed E-state index contributed by atoms with van der Waals surface area (Å²) in [6.07, 6.45) is 2.58. The molecule has 1 atom stereocenters. The van der Waals surface area contributed by atoms with E-state index in [-0.39, 0.29) is 17.0 Å². The summed E-state index contributed by atoms with van der Waals surface area (Å²) in [5.74, 6) is -2.76. The number of rotatable bonds is 5. The number of carbonyl (C=O) groups is 1. The van der Waals surface area contributed by atoms with Crippen LogP contribution in [0.15, 0.2) is 24.5 Å². The van der Waals surface area contributed by atoms with Crippen LogP contribution in [0.5, 0.6) is 0 Å². The molecule has 1 aliphatic carbocycles. The summed E-state index contributed by atoms with van der Waals surface area (Å²) in [6.45, 7) is 2.32. The number of hydrogen-bond donors (Lipinski definition) is 1. The number of pyridine rings is 1. The number of halogens is 3. The monoisotopic (exact) mass is 466 g/mol. The fraction of sp³-hybridized carbons (Fsp3) is 0.684. The van der Waals surface area contributed by atoms with Crippen LogP contribution in [0.3, 0.4) is 0 Å². The van der Waals surface area contributed by atoms with E-state index in [4.69, 9.17) is 19.4 Å². The van der Waals surface area contributed by atoms with E-state index in [0.29, 0.717) is 26.3 Å². The van der Waals surface area contributed by atoms with Crippen molar-refractivity contribution < 1.29 is 41.0 Å². The van der Waals surface area contributed by atoms with Crippen molar-refractivity contribution in [2.24, 2.45) is 0 Å². The van der Waals surface area contributed by atoms with E-state index in [0.717, 1.165) is 37.7 Å². The normalized spacial score (nSPS) is 23.9. The molecule has 1 spiro atoms. The quantitative estimate of drug-likeness (QED) is 0.710. The van der Waals surface area contributed by atoms with Gasteiger partial charge < -0.3 is 14.6 Å². The van der Waals surface area contributed by atoms with E-state index in [9.17, 15) is 21.6 Å². The summed E-state index contributed by atoms with van der Waals surface area (Å²) in [7, 11) is -3.05. The standard InChI is InChI=1S/C17H24N2O4S.C2HF3O2/c20-24(21,16-1-2-16)19-9-5-17(6-10-19)11-15(13-23-17)22-12-14-3-7-18-8-4-14;3-2(4,5)1(6)7/h3-4,7-8,15-16H,1-2,5-6,9-13H2;(H,6,7). The molecule has 1 saturated carbocycles. The van der Waals surface area contributed by atoms with Gasteiger partial charge in [0.2, 0.25) is 10.0 Å². The Morgan fingerprint density at radius 3 is 2.35 bits per heavy atom. The van der Waals surface area contributed by atoms with Crippen LogP contribution in [0.4, 0.5) is 13.2 Å². The summed E-state index contributed by atoms with van der Waals surface area (Å²) < 4.78 is 70.1. The first-order valence-corrected chi connectivity index (χ1v) is 11.5. The van der Waals surface area contributed by atoms with Crippen molar-refractivity contribution in [2.45, 2.75) is 61.8 Å². The maximum absolute atomic E-state index is 12.3. The molecule has 3 fully saturated rings. The van der Waals surface area contributed by atoms with Gasteiger partial charge in [-0.15, -0.1) is 0 Å². The fourth-order valence-electron chi connectivity index (χ4n) is 3.68. The number of piperidine rings is 1. The predicted octanol–water partition coefficient (Wildman–Crippen LogP) is 2.35. The molecule has 4 rings (SSSR count). The van der Waals surface area contributed by atoms with E-state index in [2.05, 4.69) is 4.98 Å². The Labute approximate surface area is 178 Å². The number of ether oxygens (including phenoxy) is 2. The Hall–Kier alpha value is -1.76. The van der Waals surface area contributed by atoms with Gasteiger partial charge in [-0.2, -0.15) is 13.2 Å². The SMILES string of the molecule is O=C(O)C(F)(F)F.O=S(=O)(C1CC1)N1CCC2(CC1)CC(OCc1ccncc1)CO2. The second-order valence-corrected chi connectivity index (χ2v) is 10.1. The van der Waals surface area contributed by atoms with E-state index < -0.39 is 22.2 Å². The topological polar surface area (TPSA) is 106 Å². The third kappa shape index (κ3) is 6.37. The van der Waals surface area contributed by atoms with E-state index in [1.165, 1.54) is 0 Å². The van der Waals surface area contributed by atoms with Gasteiger partial charge in [-0.25, -0.2) is 17.5 Å². The summed E-state index contributed by atoms with van der Waals surface area (Å²) in [4.78, 5) is 12.9. The van der Waals surface area contributed by atoms with Crippen LogP contribution in [0.1, 0.15) is 37.7 Å². The lowest BCUT2D eigenvalue weighted by atomic mass is 9.89. The molecule has 3 aliphatic rings. The van der Waals surface area contributed by atoms with Crippen molar-refractivity contribution in [1.82, 2.24) is 9.29 Å². The molecule has 12 heteroatoms. The highest BCUT2D eigenvalue weighted by atomic mass is 32.2. The molecule has 8 nitrogen and oxygen atoms in total. The number of carboxylic acid groups (broad SMARTS) is 1. The summed E-state index contributed by atoms with van der Waals surface area (Å²) in [5, 5.41) is 7.01. The van der Waals surface area contributed by atoms with Crippen LogP contribution < -0.4 is 0 Å². The predicted molar refractivity (Wildman–Crippen MR) is 103 cm³/mol. The van der Waals surface area contributed by atoms with Crippen molar-refractivity contribution in [3.05, 3.63) is 30.1 Å². The first-order valence-electron chi connectivity index (χ1n) is 9.95. The zero-order valence-electron chi connectivity index (χ0n) is 16.8. The van der Waals surface area contributed by atoms with Gasteiger partial charge in [-0.3, -0.25) is 4.98 Å². The van der Waals surface area contributed by atoms with Gasteiger partial charge in [0.05, 0.1) is 30.2 Å². The van der Waals surface area contributed by atoms with Crippen molar-refractivity contribution in [2.75, 3.05) is 19.7 Å². The summed E-state index contributed by atoms with van der Waals surface area (Å²) >= 11 is 0. The van der Waals surface area contributed by atoms with Gasteiger partial charge in [0.25, 0.3) is 0 Å². The summed E-state index contributed by atoms with van der Waals surface area (Å²) in [6, 6.07) is 3.90. The Balaban J connectivity index is 0.000000339. The Kier molecular flexibility index (Phi) is 7.24. The minimum atomic E-state index is -5.08. The Morgan fingerprint density at radius 1 is 1.26 bits per heavy atom. The molecule has 0 radical (unpaired) electrons. The molecule has 1 aromatic heterocycles. The molecule has 0 bridgehead atoms. The highest BCUT2D eigenvalue weighted by Gasteiger charge is 2.47. The average molecular weight is 466 g/mol. The number of alkyl halides is 3. The van der Waals surface area contributed by atoms with Crippen molar-refractivity contribution in [3.63, 3.8) is 0 Å². The van der Waals surface area contributed by atoms with E-state index in [1.54, 1.807) is 16.7 Å². The van der Waals surface area contributed by atoms with E-state index >= 15 is 0 Å². The highest BCUT2D eigenvalue weighted by Crippen LogP contribution is 2.40. The minimum absolute atomic E-state index is 0.0877. The maximum atomic E-state index is 12.3. The zero-order valence-corrected chi connectivity index (χ0v) is 17.6. The third-order valence-electron chi connectivity index (χ3n) is 5.59. The van der Waals surface area contributed by atoms with Crippen LogP contribution in [0.25, 0.3) is 0 Å². The molecular weight excluding hydrogens is 441 g/mol. The average Bonchev–Trinajstić information content (AvgIpc) is 3.51. The molecular formula is C19H25F3N2O6S. The lowest BCUT2D eigenvalue weighted by molar-refractivity contribution is -0.192. The molecule has 3 heterocycles. The van der Waals surface area contributed by atoms with Crippen LogP contribution in [0.2, 0.25) is 0 Å². The van der Waals surface area contributed by atoms with Crippen LogP contribution in [0, 0.1) is 0 Å². The number of aromatic nitrogens is 1. The van der Waals surface area contributed by atoms with Gasteiger partial charge in [-0.05, 0) is 43.4 Å². The van der Waals surface area contributed by atoms with Gasteiger partial charge in [0.1, 0.15) is 0 Å². The van der Waals surface area contributed by atoms with E-state index in [1.807, 2.05) is 12.1 Å². The number of carboxylic acids is 1. The van der Waals surface area contributed by atoms with Crippen LogP contribution in [-0.2, 0) is 30.9 Å². The molecule has 0 amide bonds. The number of sulfonamides is 1. The van der Waals surface area contributed by atoms with Crippen molar-refractivity contribution in [1.29, 1.82) is 0 Å². The van der Waals surface area contributed by atoms with Gasteiger partial charge in [-0.1, -0.05) is 0 Å². The highest BCUT2D eigenvalue weighted by molar-refractivity contribution is 7.90. The molecule has 1 aromatic rings. The molecule has 2 aliphatic heterocycles. The summed E-state index contributed by atoms with van der Waals surface area (Å²) in [5.41, 5.74) is 0.912. The Bertz CT molecular complexity index is 853. The molecule has 0 aromatic carbocycles. The zero-order chi connectivity index (χ0) is 22.7. The van der Waals surface area contributed by atoms with Gasteiger partial charge in [0, 0.05) is 31.9 Å². The lowest BCUT2D eigenvalue weighted by Gasteiger charge is -2.38. The maximum Gasteiger partial charge on any atom is 0.490 e. The van der Waals surface area contributed by atoms with Crippen LogP contribution >= 0.6 is 0 Å². The second-order valence-electron chi connectivity index (χ2n) is 7.93. The Morgan fingerprint density at radius 2 is 1.84 bits per heavy atom. The molecule has 1 N–H and O–H groups in total. The largest absolute Gasteiger partial charge is 0.490 e. The molecule has 174 valence electrons. The van der Waals surface area contributed by atoms with Gasteiger partial charge in [0.15, 0.2) is 0 Å². The smallest absolute Gasteiger partial charge is 0.475 e. The third-order valence-corrected chi connectivity index (χ3v) is 7.99. The fourth-order valence-corrected chi connectivity index (χ4v) is 5.52. The number of hydrogen-bond acceptors (Lipinski definition) is 6. The number of aliphatic carboxylic acids is 1. The first kappa shape index (κ1) is 23.9. The number of nitrogens with zero attached hydrogens (tertiary/aromatic N) is 2. The first-order chi connectivity index (χ1) is 14.5. The van der Waals surface area contributed by atoms with Gasteiger partial charge >= 0.3 is 12.1 Å². The molecule has 31 heavy (non-hydrogen) atoms. The second kappa shape index (κ2) is 9.39. The minimum Gasteiger partial charge on any atom is -0.475 e. The van der Waals surface area contributed by atoms with Crippen LogP contribution in [-0.4, -0.2) is 71.6 Å². The molecule has 2 saturated heterocycles. The lowest BCUT2D eigenvalue weighted by Crippen LogP contribution is -2.47. The molecule has 1 unspecified atom stereocenters. The van der Waals surface area contributed by atoms with Crippen molar-refractivity contribution >= 4 is 16.0 Å². The van der Waals surface area contributed by atoms with Crippen molar-refractivity contribution in [3.8, 4) is 0 Å².